The molecule has 132 valence electrons. The summed E-state index contributed by atoms with van der Waals surface area (Å²) >= 11 is 0. The lowest BCUT2D eigenvalue weighted by atomic mass is 10.1. The van der Waals surface area contributed by atoms with Gasteiger partial charge in [0.2, 0.25) is 0 Å². The van der Waals surface area contributed by atoms with Gasteiger partial charge in [0.25, 0.3) is 0 Å². The highest BCUT2D eigenvalue weighted by atomic mass is 16.5. The van der Waals surface area contributed by atoms with Gasteiger partial charge in [0.05, 0.1) is 20.8 Å². The van der Waals surface area contributed by atoms with Crippen LogP contribution >= 0.6 is 0 Å². The lowest BCUT2D eigenvalue weighted by molar-refractivity contribution is 0.0863. The van der Waals surface area contributed by atoms with Crippen LogP contribution in [0.25, 0.3) is 0 Å². The molecular weight excluding hydrogens is 310 g/mol. The smallest absolute Gasteiger partial charge is 0.319 e. The Morgan fingerprint density at radius 1 is 1.04 bits per heavy atom. The summed E-state index contributed by atoms with van der Waals surface area (Å²) in [6.07, 6.45) is 0. The monoisotopic (exact) mass is 335 g/mol. The lowest BCUT2D eigenvalue weighted by Gasteiger charge is -2.35. The first-order chi connectivity index (χ1) is 11.5. The molecule has 0 bridgehead atoms. The SMILES string of the molecule is COc1ccc(C(=O)CN2CCN(C(=O)N(C)C)CC2)cc1OC. The Morgan fingerprint density at radius 3 is 2.21 bits per heavy atom. The Hall–Kier alpha value is -2.28. The van der Waals surface area contributed by atoms with Gasteiger partial charge in [0.1, 0.15) is 0 Å². The number of hydrogen-bond donors (Lipinski definition) is 0. The van der Waals surface area contributed by atoms with Gasteiger partial charge in [-0.1, -0.05) is 0 Å². The number of carbonyl (C=O) groups is 2. The van der Waals surface area contributed by atoms with Gasteiger partial charge < -0.3 is 19.3 Å². The van der Waals surface area contributed by atoms with E-state index < -0.39 is 0 Å². The number of methoxy groups -OCH3 is 2. The average molecular weight is 335 g/mol. The van der Waals surface area contributed by atoms with Crippen molar-refractivity contribution in [3.8, 4) is 11.5 Å². The number of hydrogen-bond acceptors (Lipinski definition) is 5. The first kappa shape index (κ1) is 18.1. The van der Waals surface area contributed by atoms with Gasteiger partial charge in [-0.25, -0.2) is 4.79 Å². The van der Waals surface area contributed by atoms with Crippen molar-refractivity contribution >= 4 is 11.8 Å². The van der Waals surface area contributed by atoms with Crippen LogP contribution < -0.4 is 9.47 Å². The number of ether oxygens (including phenoxy) is 2. The first-order valence-electron chi connectivity index (χ1n) is 7.90. The van der Waals surface area contributed by atoms with E-state index in [-0.39, 0.29) is 11.8 Å². The number of rotatable bonds is 5. The van der Waals surface area contributed by atoms with E-state index in [1.54, 1.807) is 56.3 Å². The minimum atomic E-state index is 0.0147. The molecule has 1 aliphatic rings. The van der Waals surface area contributed by atoms with Gasteiger partial charge in [-0.05, 0) is 18.2 Å². The van der Waals surface area contributed by atoms with Crippen LogP contribution in [-0.4, -0.2) is 87.6 Å². The van der Waals surface area contributed by atoms with Gasteiger partial charge >= 0.3 is 6.03 Å². The van der Waals surface area contributed by atoms with Crippen molar-refractivity contribution in [3.63, 3.8) is 0 Å². The van der Waals surface area contributed by atoms with Gasteiger partial charge in [0.15, 0.2) is 17.3 Å². The summed E-state index contributed by atoms with van der Waals surface area (Å²) in [7, 11) is 6.60. The van der Waals surface area contributed by atoms with Crippen LogP contribution in [0.15, 0.2) is 18.2 Å². The van der Waals surface area contributed by atoms with Gasteiger partial charge in [0, 0.05) is 45.8 Å². The number of piperazine rings is 1. The molecular formula is C17H25N3O4. The molecule has 0 spiro atoms. The van der Waals surface area contributed by atoms with Gasteiger partial charge in [-0.3, -0.25) is 9.69 Å². The summed E-state index contributed by atoms with van der Waals surface area (Å²) in [5, 5.41) is 0. The van der Waals surface area contributed by atoms with Crippen LogP contribution in [0.1, 0.15) is 10.4 Å². The number of amides is 2. The van der Waals surface area contributed by atoms with Crippen LogP contribution in [0.5, 0.6) is 11.5 Å². The molecule has 1 aromatic rings. The Kier molecular flexibility index (Phi) is 6.03. The zero-order valence-corrected chi connectivity index (χ0v) is 14.7. The summed E-state index contributed by atoms with van der Waals surface area (Å²) in [5.41, 5.74) is 0.597. The van der Waals surface area contributed by atoms with Crippen molar-refractivity contribution in [1.82, 2.24) is 14.7 Å². The maximum Gasteiger partial charge on any atom is 0.319 e. The Bertz CT molecular complexity index is 595. The third-order valence-electron chi connectivity index (χ3n) is 4.10. The summed E-state index contributed by atoms with van der Waals surface area (Å²) in [5.74, 6) is 1.18. The number of ketones is 1. The first-order valence-corrected chi connectivity index (χ1v) is 7.90. The second-order valence-corrected chi connectivity index (χ2v) is 5.93. The fourth-order valence-electron chi connectivity index (χ4n) is 2.68. The standard InChI is InChI=1S/C17H25N3O4/c1-18(2)17(22)20-9-7-19(8-10-20)12-14(21)13-5-6-15(23-3)16(11-13)24-4/h5-6,11H,7-10,12H2,1-4H3. The van der Waals surface area contributed by atoms with Crippen LogP contribution in [0, 0.1) is 0 Å². The van der Waals surface area contributed by atoms with Crippen molar-refractivity contribution in [2.75, 3.05) is 61.0 Å². The van der Waals surface area contributed by atoms with Crippen molar-refractivity contribution in [1.29, 1.82) is 0 Å². The normalized spacial score (nSPS) is 15.1. The topological polar surface area (TPSA) is 62.3 Å². The molecule has 2 rings (SSSR count). The number of carbonyl (C=O) groups excluding carboxylic acids is 2. The summed E-state index contributed by atoms with van der Waals surface area (Å²) in [6, 6.07) is 5.20. The van der Waals surface area contributed by atoms with Crippen LogP contribution in [0.4, 0.5) is 4.79 Å². The van der Waals surface area contributed by atoms with E-state index in [0.717, 1.165) is 0 Å². The molecule has 1 aliphatic heterocycles. The van der Waals surface area contributed by atoms with E-state index >= 15 is 0 Å². The fraction of sp³-hybridized carbons (Fsp3) is 0.529. The quantitative estimate of drug-likeness (QED) is 0.756. The number of nitrogens with zero attached hydrogens (tertiary/aromatic N) is 3. The van der Waals surface area contributed by atoms with Gasteiger partial charge in [-0.2, -0.15) is 0 Å². The maximum absolute atomic E-state index is 12.5. The van der Waals surface area contributed by atoms with Crippen molar-refractivity contribution < 1.29 is 19.1 Å². The molecule has 7 nitrogen and oxygen atoms in total. The molecule has 1 aromatic carbocycles. The van der Waals surface area contributed by atoms with E-state index in [2.05, 4.69) is 4.90 Å². The molecule has 0 aromatic heterocycles. The molecule has 2 amide bonds. The zero-order valence-electron chi connectivity index (χ0n) is 14.7. The van der Waals surface area contributed by atoms with Crippen LogP contribution in [0.3, 0.4) is 0 Å². The number of benzene rings is 1. The predicted octanol–water partition coefficient (Wildman–Crippen LogP) is 1.19. The second-order valence-electron chi connectivity index (χ2n) is 5.93. The third kappa shape index (κ3) is 4.17. The highest BCUT2D eigenvalue weighted by Gasteiger charge is 2.23. The molecule has 0 unspecified atom stereocenters. The molecule has 0 aliphatic carbocycles. The Morgan fingerprint density at radius 2 is 1.67 bits per heavy atom. The molecule has 0 saturated carbocycles. The van der Waals surface area contributed by atoms with E-state index in [9.17, 15) is 9.59 Å². The van der Waals surface area contributed by atoms with Crippen molar-refractivity contribution in [2.24, 2.45) is 0 Å². The largest absolute Gasteiger partial charge is 0.493 e. The van der Waals surface area contributed by atoms with E-state index in [1.807, 2.05) is 0 Å². The third-order valence-corrected chi connectivity index (χ3v) is 4.10. The van der Waals surface area contributed by atoms with Crippen LogP contribution in [0.2, 0.25) is 0 Å². The van der Waals surface area contributed by atoms with E-state index in [4.69, 9.17) is 9.47 Å². The molecule has 7 heteroatoms. The highest BCUT2D eigenvalue weighted by Crippen LogP contribution is 2.27. The summed E-state index contributed by atoms with van der Waals surface area (Å²) < 4.78 is 10.4. The highest BCUT2D eigenvalue weighted by molar-refractivity contribution is 5.98. The minimum absolute atomic E-state index is 0.0147. The lowest BCUT2D eigenvalue weighted by Crippen LogP contribution is -2.52. The zero-order chi connectivity index (χ0) is 17.7. The summed E-state index contributed by atoms with van der Waals surface area (Å²) in [4.78, 5) is 29.8. The number of Topliss-reactive ketones (excluding diaryl/α,β-unsaturated/α-hetero) is 1. The molecule has 1 fully saturated rings. The maximum atomic E-state index is 12.5. The minimum Gasteiger partial charge on any atom is -0.493 e. The second kappa shape index (κ2) is 8.01. The molecule has 0 radical (unpaired) electrons. The Balaban J connectivity index is 1.93. The van der Waals surface area contributed by atoms with Gasteiger partial charge in [-0.15, -0.1) is 0 Å². The predicted molar refractivity (Wildman–Crippen MR) is 91.0 cm³/mol. The van der Waals surface area contributed by atoms with E-state index in [1.165, 1.54) is 0 Å². The van der Waals surface area contributed by atoms with E-state index in [0.29, 0.717) is 49.8 Å². The average Bonchev–Trinajstić information content (AvgIpc) is 2.60. The molecule has 24 heavy (non-hydrogen) atoms. The molecule has 1 heterocycles. The fourth-order valence-corrected chi connectivity index (χ4v) is 2.68. The molecule has 1 saturated heterocycles. The molecule has 0 N–H and O–H groups in total. The molecule has 0 atom stereocenters. The summed E-state index contributed by atoms with van der Waals surface area (Å²) in [6.45, 7) is 2.99. The Labute approximate surface area is 142 Å². The van der Waals surface area contributed by atoms with Crippen LogP contribution in [-0.2, 0) is 0 Å². The van der Waals surface area contributed by atoms with Crippen molar-refractivity contribution in [2.45, 2.75) is 0 Å². The van der Waals surface area contributed by atoms with Crippen molar-refractivity contribution in [3.05, 3.63) is 23.8 Å². The number of urea groups is 1.